The Balaban J connectivity index is 2.86. The van der Waals surface area contributed by atoms with Crippen molar-refractivity contribution in [1.29, 1.82) is 0 Å². The molecule has 0 saturated heterocycles. The van der Waals surface area contributed by atoms with Crippen molar-refractivity contribution in [2.75, 3.05) is 6.26 Å². The second-order valence-corrected chi connectivity index (χ2v) is 3.14. The monoisotopic (exact) mass is 164 g/mol. The molecule has 0 aliphatic rings. The third-order valence-electron chi connectivity index (χ3n) is 1.57. The lowest BCUT2D eigenvalue weighted by molar-refractivity contribution is 1.45. The van der Waals surface area contributed by atoms with Gasteiger partial charge < -0.3 is 0 Å². The van der Waals surface area contributed by atoms with E-state index in [0.717, 1.165) is 0 Å². The van der Waals surface area contributed by atoms with E-state index in [1.54, 1.807) is 11.8 Å². The van der Waals surface area contributed by atoms with Gasteiger partial charge in [0.1, 0.15) is 0 Å². The summed E-state index contributed by atoms with van der Waals surface area (Å²) in [6, 6.07) is 8.38. The van der Waals surface area contributed by atoms with Crippen molar-refractivity contribution >= 4 is 17.8 Å². The van der Waals surface area contributed by atoms with Gasteiger partial charge in [0.05, 0.1) is 0 Å². The van der Waals surface area contributed by atoms with Gasteiger partial charge in [-0.15, -0.1) is 11.8 Å². The van der Waals surface area contributed by atoms with Crippen molar-refractivity contribution in [1.82, 2.24) is 0 Å². The molecule has 1 aromatic carbocycles. The fourth-order valence-electron chi connectivity index (χ4n) is 0.915. The van der Waals surface area contributed by atoms with Crippen molar-refractivity contribution in [3.63, 3.8) is 0 Å². The highest BCUT2D eigenvalue weighted by Crippen LogP contribution is 2.10. The fraction of sp³-hybridized carbons (Fsp3) is 0.200. The number of benzene rings is 1. The molecule has 0 radical (unpaired) electrons. The highest BCUT2D eigenvalue weighted by molar-refractivity contribution is 8.01. The quantitative estimate of drug-likeness (QED) is 0.646. The molecule has 0 bridgehead atoms. The normalized spacial score (nSPS) is 10.7. The summed E-state index contributed by atoms with van der Waals surface area (Å²) in [5.74, 6) is 0. The van der Waals surface area contributed by atoms with Crippen LogP contribution in [0.2, 0.25) is 0 Å². The molecule has 0 amide bonds. The van der Waals surface area contributed by atoms with E-state index in [9.17, 15) is 0 Å². The van der Waals surface area contributed by atoms with Gasteiger partial charge in [0.2, 0.25) is 0 Å². The second kappa shape index (κ2) is 4.24. The SMILES string of the molecule is CSC=Cc1ccccc1C. The highest BCUT2D eigenvalue weighted by atomic mass is 32.2. The lowest BCUT2D eigenvalue weighted by Gasteiger charge is -1.96. The van der Waals surface area contributed by atoms with Crippen LogP contribution in [-0.2, 0) is 0 Å². The van der Waals surface area contributed by atoms with E-state index in [1.807, 2.05) is 0 Å². The maximum Gasteiger partial charge on any atom is -0.0142 e. The number of aryl methyl sites for hydroxylation is 1. The van der Waals surface area contributed by atoms with E-state index in [0.29, 0.717) is 0 Å². The Morgan fingerprint density at radius 1 is 1.27 bits per heavy atom. The van der Waals surface area contributed by atoms with E-state index in [4.69, 9.17) is 0 Å². The van der Waals surface area contributed by atoms with Crippen LogP contribution in [0.4, 0.5) is 0 Å². The van der Waals surface area contributed by atoms with Crippen LogP contribution in [0.15, 0.2) is 29.7 Å². The van der Waals surface area contributed by atoms with Crippen molar-refractivity contribution in [2.45, 2.75) is 6.92 Å². The summed E-state index contributed by atoms with van der Waals surface area (Å²) in [5.41, 5.74) is 2.64. The van der Waals surface area contributed by atoms with Gasteiger partial charge in [-0.3, -0.25) is 0 Å². The Bertz CT molecular complexity index is 251. The summed E-state index contributed by atoms with van der Waals surface area (Å²) >= 11 is 1.72. The molecule has 1 rings (SSSR count). The van der Waals surface area contributed by atoms with Crippen molar-refractivity contribution in [3.8, 4) is 0 Å². The lowest BCUT2D eigenvalue weighted by Crippen LogP contribution is -1.76. The van der Waals surface area contributed by atoms with Crippen LogP contribution in [0.3, 0.4) is 0 Å². The van der Waals surface area contributed by atoms with E-state index < -0.39 is 0 Å². The summed E-state index contributed by atoms with van der Waals surface area (Å²) in [7, 11) is 0. The van der Waals surface area contributed by atoms with Crippen LogP contribution >= 0.6 is 11.8 Å². The molecule has 58 valence electrons. The molecule has 0 aliphatic heterocycles. The average molecular weight is 164 g/mol. The van der Waals surface area contributed by atoms with Gasteiger partial charge in [0, 0.05) is 0 Å². The fourth-order valence-corrected chi connectivity index (χ4v) is 1.20. The molecule has 0 heterocycles. The first-order chi connectivity index (χ1) is 5.34. The van der Waals surface area contributed by atoms with Crippen LogP contribution in [0.25, 0.3) is 6.08 Å². The first-order valence-corrected chi connectivity index (χ1v) is 4.88. The molecular formula is C10H12S. The minimum absolute atomic E-state index is 1.31. The van der Waals surface area contributed by atoms with Crippen molar-refractivity contribution in [3.05, 3.63) is 40.8 Å². The summed E-state index contributed by atoms with van der Waals surface area (Å²) in [6.07, 6.45) is 4.20. The molecule has 0 spiro atoms. The van der Waals surface area contributed by atoms with Gasteiger partial charge in [-0.2, -0.15) is 0 Å². The van der Waals surface area contributed by atoms with Gasteiger partial charge >= 0.3 is 0 Å². The third kappa shape index (κ3) is 2.43. The zero-order chi connectivity index (χ0) is 8.10. The summed E-state index contributed by atoms with van der Waals surface area (Å²) in [6.45, 7) is 2.12. The summed E-state index contributed by atoms with van der Waals surface area (Å²) < 4.78 is 0. The minimum Gasteiger partial charge on any atom is -0.138 e. The van der Waals surface area contributed by atoms with E-state index in [1.165, 1.54) is 11.1 Å². The Morgan fingerprint density at radius 3 is 2.64 bits per heavy atom. The molecule has 0 aromatic heterocycles. The number of hydrogen-bond acceptors (Lipinski definition) is 1. The van der Waals surface area contributed by atoms with E-state index >= 15 is 0 Å². The van der Waals surface area contributed by atoms with Crippen LogP contribution in [-0.4, -0.2) is 6.26 Å². The third-order valence-corrected chi connectivity index (χ3v) is 1.98. The molecule has 1 aromatic rings. The molecular weight excluding hydrogens is 152 g/mol. The van der Waals surface area contributed by atoms with E-state index in [2.05, 4.69) is 48.9 Å². The van der Waals surface area contributed by atoms with Crippen molar-refractivity contribution in [2.24, 2.45) is 0 Å². The van der Waals surface area contributed by atoms with Gasteiger partial charge in [0.25, 0.3) is 0 Å². The van der Waals surface area contributed by atoms with Crippen LogP contribution in [0.1, 0.15) is 11.1 Å². The Morgan fingerprint density at radius 2 is 2.00 bits per heavy atom. The Labute approximate surface area is 72.3 Å². The molecule has 1 heteroatoms. The molecule has 0 atom stereocenters. The molecule has 0 N–H and O–H groups in total. The van der Waals surface area contributed by atoms with Gasteiger partial charge in [0.15, 0.2) is 0 Å². The first-order valence-electron chi connectivity index (χ1n) is 3.59. The largest absolute Gasteiger partial charge is 0.138 e. The maximum atomic E-state index is 2.14. The molecule has 0 fully saturated rings. The molecule has 11 heavy (non-hydrogen) atoms. The summed E-state index contributed by atoms with van der Waals surface area (Å²) in [5, 5.41) is 2.10. The highest BCUT2D eigenvalue weighted by Gasteiger charge is 1.88. The minimum atomic E-state index is 1.31. The molecule has 0 aliphatic carbocycles. The van der Waals surface area contributed by atoms with Crippen LogP contribution in [0.5, 0.6) is 0 Å². The van der Waals surface area contributed by atoms with Crippen LogP contribution < -0.4 is 0 Å². The predicted octanol–water partition coefficient (Wildman–Crippen LogP) is 3.33. The zero-order valence-corrected chi connectivity index (χ0v) is 7.69. The second-order valence-electron chi connectivity index (χ2n) is 2.40. The predicted molar refractivity (Wildman–Crippen MR) is 53.7 cm³/mol. The lowest BCUT2D eigenvalue weighted by atomic mass is 10.1. The molecule has 0 unspecified atom stereocenters. The number of thioether (sulfide) groups is 1. The summed E-state index contributed by atoms with van der Waals surface area (Å²) in [4.78, 5) is 0. The molecule has 0 saturated carbocycles. The van der Waals surface area contributed by atoms with E-state index in [-0.39, 0.29) is 0 Å². The number of rotatable bonds is 2. The maximum absolute atomic E-state index is 2.14. The number of hydrogen-bond donors (Lipinski definition) is 0. The van der Waals surface area contributed by atoms with Gasteiger partial charge in [-0.1, -0.05) is 24.3 Å². The Kier molecular flexibility index (Phi) is 3.24. The standard InChI is InChI=1S/C10H12S/c1-9-5-3-4-6-10(9)7-8-11-2/h3-8H,1-2H3. The topological polar surface area (TPSA) is 0 Å². The molecule has 0 nitrogen and oxygen atoms in total. The van der Waals surface area contributed by atoms with Crippen LogP contribution in [0, 0.1) is 6.92 Å². The zero-order valence-electron chi connectivity index (χ0n) is 6.87. The van der Waals surface area contributed by atoms with Crippen molar-refractivity contribution < 1.29 is 0 Å². The van der Waals surface area contributed by atoms with Gasteiger partial charge in [-0.25, -0.2) is 0 Å². The smallest absolute Gasteiger partial charge is 0.0142 e. The van der Waals surface area contributed by atoms with Gasteiger partial charge in [-0.05, 0) is 35.8 Å². The Hall–Kier alpha value is -0.690. The average Bonchev–Trinajstić information content (AvgIpc) is 2.03. The first kappa shape index (κ1) is 8.41.